The minimum atomic E-state index is -1.27. The molecule has 5 unspecified atom stereocenters. The molecule has 13 heteroatoms. The normalized spacial score (nSPS) is 14.8. The Balaban J connectivity index is 2.21. The molecule has 0 aliphatic rings. The summed E-state index contributed by atoms with van der Waals surface area (Å²) in [4.78, 5) is 65.9. The van der Waals surface area contributed by atoms with Crippen LogP contribution in [0.15, 0.2) is 30.5 Å². The standard InChI is InChI=1S/C28H43N7O6/c1-3-16(2)24(31)27(39)34-21(11-12-23(30)36)26(38)33-20(10-6-7-13-29)25(37)35-22(28(40)41)14-17-15-32-19-9-5-4-8-18(17)19/h4-5,8-9,15-16,20-22,24,32H,3,6-7,10-14,29,31H2,1-2H3,(H2,30,36)(H,33,38)(H,34,39)(H,35,37)(H,40,41). The van der Waals surface area contributed by atoms with Gasteiger partial charge in [0.2, 0.25) is 23.6 Å². The first-order valence-corrected chi connectivity index (χ1v) is 13.9. The van der Waals surface area contributed by atoms with E-state index in [-0.39, 0.29) is 31.6 Å². The molecule has 0 radical (unpaired) electrons. The zero-order chi connectivity index (χ0) is 30.5. The lowest BCUT2D eigenvalue weighted by atomic mass is 9.98. The summed E-state index contributed by atoms with van der Waals surface area (Å²) < 4.78 is 0. The molecule has 1 heterocycles. The molecular formula is C28H43N7O6. The van der Waals surface area contributed by atoms with Gasteiger partial charge in [-0.2, -0.15) is 0 Å². The smallest absolute Gasteiger partial charge is 0.326 e. The van der Waals surface area contributed by atoms with Crippen molar-refractivity contribution >= 4 is 40.5 Å². The van der Waals surface area contributed by atoms with Gasteiger partial charge in [-0.1, -0.05) is 38.5 Å². The molecule has 0 spiro atoms. The van der Waals surface area contributed by atoms with Crippen LogP contribution in [-0.2, 0) is 30.4 Å². The Morgan fingerprint density at radius 3 is 2.15 bits per heavy atom. The number of unbranched alkanes of at least 4 members (excludes halogenated alkanes) is 1. The van der Waals surface area contributed by atoms with Crippen molar-refractivity contribution in [2.45, 2.75) is 83.0 Å². The maximum atomic E-state index is 13.3. The van der Waals surface area contributed by atoms with Crippen molar-refractivity contribution in [2.75, 3.05) is 6.54 Å². The van der Waals surface area contributed by atoms with Crippen LogP contribution in [0.1, 0.15) is 57.9 Å². The highest BCUT2D eigenvalue weighted by Crippen LogP contribution is 2.19. The lowest BCUT2D eigenvalue weighted by Gasteiger charge is -2.26. The highest BCUT2D eigenvalue weighted by Gasteiger charge is 2.31. The fourth-order valence-electron chi connectivity index (χ4n) is 4.36. The number of rotatable bonds is 18. The van der Waals surface area contributed by atoms with Crippen LogP contribution in [0.25, 0.3) is 10.9 Å². The van der Waals surface area contributed by atoms with Crippen molar-refractivity contribution < 1.29 is 29.1 Å². The second-order valence-electron chi connectivity index (χ2n) is 10.3. The minimum absolute atomic E-state index is 0.0132. The third-order valence-electron chi connectivity index (χ3n) is 7.17. The van der Waals surface area contributed by atoms with Crippen molar-refractivity contribution in [2.24, 2.45) is 23.1 Å². The van der Waals surface area contributed by atoms with Gasteiger partial charge in [0.1, 0.15) is 18.1 Å². The summed E-state index contributed by atoms with van der Waals surface area (Å²) in [5.74, 6) is -4.04. The van der Waals surface area contributed by atoms with Gasteiger partial charge in [0, 0.05) is 29.9 Å². The number of para-hydroxylation sites is 1. The second kappa shape index (κ2) is 16.3. The molecule has 0 aliphatic carbocycles. The van der Waals surface area contributed by atoms with Crippen molar-refractivity contribution in [1.82, 2.24) is 20.9 Å². The molecule has 4 amide bonds. The van der Waals surface area contributed by atoms with E-state index in [4.69, 9.17) is 17.2 Å². The molecule has 0 aliphatic heterocycles. The summed E-state index contributed by atoms with van der Waals surface area (Å²) in [5, 5.41) is 18.4. The number of fused-ring (bicyclic) bond motifs is 1. The average Bonchev–Trinajstić information content (AvgIpc) is 3.35. The Morgan fingerprint density at radius 2 is 1.54 bits per heavy atom. The van der Waals surface area contributed by atoms with Gasteiger partial charge in [-0.05, 0) is 49.8 Å². The van der Waals surface area contributed by atoms with E-state index in [1.54, 1.807) is 13.1 Å². The van der Waals surface area contributed by atoms with E-state index < -0.39 is 53.8 Å². The largest absolute Gasteiger partial charge is 0.480 e. The van der Waals surface area contributed by atoms with Gasteiger partial charge in [-0.15, -0.1) is 0 Å². The fourth-order valence-corrected chi connectivity index (χ4v) is 4.36. The zero-order valence-corrected chi connectivity index (χ0v) is 23.7. The van der Waals surface area contributed by atoms with E-state index >= 15 is 0 Å². The molecule has 13 nitrogen and oxygen atoms in total. The van der Waals surface area contributed by atoms with Crippen LogP contribution in [0.4, 0.5) is 0 Å². The zero-order valence-electron chi connectivity index (χ0n) is 23.7. The molecule has 226 valence electrons. The Morgan fingerprint density at radius 1 is 0.927 bits per heavy atom. The van der Waals surface area contributed by atoms with Crippen LogP contribution in [0.5, 0.6) is 0 Å². The number of nitrogens with one attached hydrogen (secondary N) is 4. The third kappa shape index (κ3) is 10.2. The molecular weight excluding hydrogens is 530 g/mol. The minimum Gasteiger partial charge on any atom is -0.480 e. The van der Waals surface area contributed by atoms with Crippen LogP contribution >= 0.6 is 0 Å². The number of aromatic amines is 1. The van der Waals surface area contributed by atoms with Gasteiger partial charge < -0.3 is 43.2 Å². The van der Waals surface area contributed by atoms with Gasteiger partial charge >= 0.3 is 5.97 Å². The van der Waals surface area contributed by atoms with Gasteiger partial charge in [0.15, 0.2) is 0 Å². The molecule has 11 N–H and O–H groups in total. The lowest BCUT2D eigenvalue weighted by Crippen LogP contribution is -2.57. The van der Waals surface area contributed by atoms with Gasteiger partial charge in [0.25, 0.3) is 0 Å². The van der Waals surface area contributed by atoms with Crippen LogP contribution < -0.4 is 33.2 Å². The Hall–Kier alpha value is -3.97. The number of carbonyl (C=O) groups excluding carboxylic acids is 4. The molecule has 41 heavy (non-hydrogen) atoms. The molecule has 2 aromatic rings. The monoisotopic (exact) mass is 573 g/mol. The average molecular weight is 574 g/mol. The highest BCUT2D eigenvalue weighted by molar-refractivity contribution is 5.94. The van der Waals surface area contributed by atoms with E-state index in [9.17, 15) is 29.1 Å². The van der Waals surface area contributed by atoms with Crippen LogP contribution in [-0.4, -0.2) is 70.4 Å². The van der Waals surface area contributed by atoms with Gasteiger partial charge in [-0.25, -0.2) is 4.79 Å². The fraction of sp³-hybridized carbons (Fsp3) is 0.536. The first-order chi connectivity index (χ1) is 19.5. The van der Waals surface area contributed by atoms with E-state index in [1.807, 2.05) is 31.2 Å². The lowest BCUT2D eigenvalue weighted by molar-refractivity contribution is -0.142. The first kappa shape index (κ1) is 33.2. The summed E-state index contributed by atoms with van der Waals surface area (Å²) in [6.45, 7) is 4.05. The van der Waals surface area contributed by atoms with Gasteiger partial charge in [0.05, 0.1) is 6.04 Å². The number of hydrogen-bond donors (Lipinski definition) is 8. The molecule has 0 bridgehead atoms. The number of amides is 4. The number of carboxylic acids is 1. The van der Waals surface area contributed by atoms with Crippen molar-refractivity contribution in [3.8, 4) is 0 Å². The van der Waals surface area contributed by atoms with E-state index in [2.05, 4.69) is 20.9 Å². The number of carboxylic acid groups (broad SMARTS) is 1. The third-order valence-corrected chi connectivity index (χ3v) is 7.17. The summed E-state index contributed by atoms with van der Waals surface area (Å²) >= 11 is 0. The number of nitrogens with two attached hydrogens (primary N) is 3. The Bertz CT molecular complexity index is 1200. The molecule has 0 saturated carbocycles. The number of hydrogen-bond acceptors (Lipinski definition) is 7. The molecule has 5 atom stereocenters. The number of benzene rings is 1. The van der Waals surface area contributed by atoms with Gasteiger partial charge in [-0.3, -0.25) is 19.2 Å². The predicted molar refractivity (Wildman–Crippen MR) is 154 cm³/mol. The summed E-state index contributed by atoms with van der Waals surface area (Å²) in [7, 11) is 0. The molecule has 1 aromatic heterocycles. The van der Waals surface area contributed by atoms with Crippen LogP contribution in [0, 0.1) is 5.92 Å². The summed E-state index contributed by atoms with van der Waals surface area (Å²) in [5.41, 5.74) is 18.4. The summed E-state index contributed by atoms with van der Waals surface area (Å²) in [6, 6.07) is 2.95. The van der Waals surface area contributed by atoms with Crippen molar-refractivity contribution in [3.05, 3.63) is 36.0 Å². The Kier molecular flexibility index (Phi) is 13.2. The van der Waals surface area contributed by atoms with Crippen LogP contribution in [0.3, 0.4) is 0 Å². The topological polar surface area (TPSA) is 236 Å². The molecule has 2 rings (SSSR count). The SMILES string of the molecule is CCC(C)C(N)C(=O)NC(CCC(N)=O)C(=O)NC(CCCCN)C(=O)NC(Cc1c[nH]c2ccccc12)C(=O)O. The second-order valence-corrected chi connectivity index (χ2v) is 10.3. The van der Waals surface area contributed by atoms with E-state index in [0.717, 1.165) is 10.9 Å². The molecule has 0 saturated heterocycles. The van der Waals surface area contributed by atoms with E-state index in [1.165, 1.54) is 0 Å². The molecule has 0 fully saturated rings. The quantitative estimate of drug-likeness (QED) is 0.113. The maximum absolute atomic E-state index is 13.3. The summed E-state index contributed by atoms with van der Waals surface area (Å²) in [6.07, 6.45) is 3.29. The van der Waals surface area contributed by atoms with Crippen molar-refractivity contribution in [1.29, 1.82) is 0 Å². The number of primary amides is 1. The predicted octanol–water partition coefficient (Wildman–Crippen LogP) is 0.0173. The molecule has 1 aromatic carbocycles. The highest BCUT2D eigenvalue weighted by atomic mass is 16.4. The number of carbonyl (C=O) groups is 5. The van der Waals surface area contributed by atoms with Crippen LogP contribution in [0.2, 0.25) is 0 Å². The van der Waals surface area contributed by atoms with E-state index in [0.29, 0.717) is 31.4 Å². The number of aromatic nitrogens is 1. The first-order valence-electron chi connectivity index (χ1n) is 13.9. The Labute approximate surface area is 239 Å². The number of H-pyrrole nitrogens is 1. The number of aliphatic carboxylic acids is 1. The maximum Gasteiger partial charge on any atom is 0.326 e. The van der Waals surface area contributed by atoms with Crippen molar-refractivity contribution in [3.63, 3.8) is 0 Å².